The lowest BCUT2D eigenvalue weighted by molar-refractivity contribution is 0.0682. The van der Waals surface area contributed by atoms with Gasteiger partial charge in [0.15, 0.2) is 0 Å². The van der Waals surface area contributed by atoms with Crippen LogP contribution in [0.3, 0.4) is 0 Å². The van der Waals surface area contributed by atoms with E-state index >= 15 is 0 Å². The van der Waals surface area contributed by atoms with Gasteiger partial charge in [0.2, 0.25) is 0 Å². The van der Waals surface area contributed by atoms with Gasteiger partial charge in [-0.1, -0.05) is 60.7 Å². The summed E-state index contributed by atoms with van der Waals surface area (Å²) in [6, 6.07) is 41.7. The molecule has 5 aromatic carbocycles. The smallest absolute Gasteiger partial charge is 0.255 e. The van der Waals surface area contributed by atoms with Gasteiger partial charge in [0.25, 0.3) is 11.8 Å². The minimum atomic E-state index is -0.274. The third-order valence-electron chi connectivity index (χ3n) is 8.81. The molecule has 10 nitrogen and oxygen atoms in total. The Bertz CT molecular complexity index is 1860. The molecule has 2 amide bonds. The van der Waals surface area contributed by atoms with Crippen LogP contribution in [0.25, 0.3) is 0 Å². The number of ether oxygens (including phenoxy) is 2. The first-order valence-electron chi connectivity index (χ1n) is 17.5. The summed E-state index contributed by atoms with van der Waals surface area (Å²) in [5.74, 6) is 1.25. The molecule has 0 atom stereocenters. The number of halogens is 1. The number of carbonyl (C=O) groups excluding carboxylic acids is 2. The van der Waals surface area contributed by atoms with Crippen LogP contribution in [0.2, 0.25) is 0 Å². The first kappa shape index (κ1) is 37.0. The normalized spacial score (nSPS) is 14.9. The van der Waals surface area contributed by atoms with E-state index in [2.05, 4.69) is 44.7 Å². The van der Waals surface area contributed by atoms with Crippen LogP contribution in [-0.2, 0) is 9.47 Å². The molecule has 0 saturated carbocycles. The summed E-state index contributed by atoms with van der Waals surface area (Å²) in [5.41, 5.74) is 5.82. The van der Waals surface area contributed by atoms with E-state index in [4.69, 9.17) is 19.5 Å². The Labute approximate surface area is 315 Å². The fraction of sp³-hybridized carbons (Fsp3) is 0.190. The second-order valence-corrected chi connectivity index (χ2v) is 12.4. The summed E-state index contributed by atoms with van der Waals surface area (Å²) < 4.78 is 11.1. The zero-order chi connectivity index (χ0) is 35.5. The van der Waals surface area contributed by atoms with Crippen molar-refractivity contribution in [3.8, 4) is 0 Å². The van der Waals surface area contributed by atoms with Crippen LogP contribution in [0, 0.1) is 0 Å². The van der Waals surface area contributed by atoms with Crippen molar-refractivity contribution in [1.29, 1.82) is 0 Å². The van der Waals surface area contributed by atoms with Crippen LogP contribution >= 0.6 is 12.4 Å². The van der Waals surface area contributed by atoms with E-state index in [1.807, 2.05) is 84.9 Å². The zero-order valence-electron chi connectivity index (χ0n) is 29.2. The highest BCUT2D eigenvalue weighted by Crippen LogP contribution is 2.22. The molecule has 0 spiro atoms. The number of amides is 2. The van der Waals surface area contributed by atoms with Crippen LogP contribution in [-0.4, -0.2) is 85.9 Å². The number of amidine groups is 2. The van der Waals surface area contributed by atoms with Gasteiger partial charge in [-0.3, -0.25) is 9.59 Å². The third kappa shape index (κ3) is 9.75. The maximum Gasteiger partial charge on any atom is 0.255 e. The molecule has 0 bridgehead atoms. The molecule has 53 heavy (non-hydrogen) atoms. The van der Waals surface area contributed by atoms with E-state index in [1.165, 1.54) is 0 Å². The van der Waals surface area contributed by atoms with E-state index in [0.29, 0.717) is 48.9 Å². The molecular weight excluding hydrogens is 688 g/mol. The van der Waals surface area contributed by atoms with Gasteiger partial charge in [-0.15, -0.1) is 12.4 Å². The summed E-state index contributed by atoms with van der Waals surface area (Å²) in [4.78, 5) is 40.5. The Balaban J connectivity index is 0.00000481. The fourth-order valence-corrected chi connectivity index (χ4v) is 6.02. The first-order valence-corrected chi connectivity index (χ1v) is 17.5. The van der Waals surface area contributed by atoms with Crippen molar-refractivity contribution in [2.75, 3.05) is 63.2 Å². The number of hydrogen-bond donors (Lipinski definition) is 2. The standard InChI is InChI=1S/C42H40N6O4.ClH/c49-41(45-37-19-15-35(16-20-37)43-39(31-7-3-1-4-8-31)47-23-27-51-28-24-47)33-11-13-34(14-12-33)42(50)46-38-21-17-36(18-22-38)44-40(32-9-5-2-6-10-32)48-25-29-52-30-26-48;/h1-22H,23-30H2,(H,45,49)(H,46,50);1H. The van der Waals surface area contributed by atoms with Gasteiger partial charge in [-0.2, -0.15) is 0 Å². The minimum Gasteiger partial charge on any atom is -0.378 e. The number of nitrogens with one attached hydrogen (secondary N) is 2. The molecule has 0 radical (unpaired) electrons. The van der Waals surface area contributed by atoms with Crippen LogP contribution in [0.4, 0.5) is 22.7 Å². The van der Waals surface area contributed by atoms with Gasteiger partial charge in [0, 0.05) is 59.8 Å². The maximum absolute atomic E-state index is 13.1. The second kappa shape index (κ2) is 18.1. The highest BCUT2D eigenvalue weighted by atomic mass is 35.5. The van der Waals surface area contributed by atoms with Crippen LogP contribution in [0.15, 0.2) is 143 Å². The van der Waals surface area contributed by atoms with E-state index in [9.17, 15) is 9.59 Å². The Hall–Kier alpha value is -5.81. The lowest BCUT2D eigenvalue weighted by Gasteiger charge is -2.30. The van der Waals surface area contributed by atoms with Crippen molar-refractivity contribution >= 4 is 58.6 Å². The first-order chi connectivity index (χ1) is 25.6. The molecular formula is C42H41ClN6O4. The highest BCUT2D eigenvalue weighted by molar-refractivity contribution is 6.07. The van der Waals surface area contributed by atoms with Crippen LogP contribution in [0.1, 0.15) is 31.8 Å². The summed E-state index contributed by atoms with van der Waals surface area (Å²) >= 11 is 0. The van der Waals surface area contributed by atoms with E-state index < -0.39 is 0 Å². The molecule has 2 N–H and O–H groups in total. The fourth-order valence-electron chi connectivity index (χ4n) is 6.02. The third-order valence-corrected chi connectivity index (χ3v) is 8.81. The zero-order valence-corrected chi connectivity index (χ0v) is 30.0. The number of aliphatic imine (C=N–C) groups is 2. The summed E-state index contributed by atoms with van der Waals surface area (Å²) in [6.07, 6.45) is 0. The molecule has 0 unspecified atom stereocenters. The maximum atomic E-state index is 13.1. The number of anilines is 2. The number of rotatable bonds is 8. The topological polar surface area (TPSA) is 108 Å². The Morgan fingerprint density at radius 1 is 0.453 bits per heavy atom. The predicted octanol–water partition coefficient (Wildman–Crippen LogP) is 7.43. The Morgan fingerprint density at radius 3 is 1.13 bits per heavy atom. The van der Waals surface area contributed by atoms with Gasteiger partial charge in [0.05, 0.1) is 37.8 Å². The predicted molar refractivity (Wildman–Crippen MR) is 213 cm³/mol. The number of nitrogens with zero attached hydrogens (tertiary/aromatic N) is 4. The molecule has 2 fully saturated rings. The molecule has 270 valence electrons. The van der Waals surface area contributed by atoms with Crippen molar-refractivity contribution in [2.45, 2.75) is 0 Å². The quantitative estimate of drug-likeness (QED) is 0.127. The largest absolute Gasteiger partial charge is 0.378 e. The molecule has 0 aromatic heterocycles. The monoisotopic (exact) mass is 728 g/mol. The summed E-state index contributed by atoms with van der Waals surface area (Å²) in [6.45, 7) is 5.76. The van der Waals surface area contributed by atoms with Gasteiger partial charge < -0.3 is 29.9 Å². The molecule has 2 heterocycles. The average molecular weight is 729 g/mol. The van der Waals surface area contributed by atoms with Crippen molar-refractivity contribution in [3.63, 3.8) is 0 Å². The average Bonchev–Trinajstić information content (AvgIpc) is 3.21. The lowest BCUT2D eigenvalue weighted by atomic mass is 10.1. The van der Waals surface area contributed by atoms with Crippen LogP contribution in [0.5, 0.6) is 0 Å². The molecule has 2 aliphatic heterocycles. The molecule has 2 saturated heterocycles. The number of benzene rings is 5. The second-order valence-electron chi connectivity index (χ2n) is 12.4. The van der Waals surface area contributed by atoms with Gasteiger partial charge in [-0.05, 0) is 72.8 Å². The van der Waals surface area contributed by atoms with Crippen molar-refractivity contribution in [1.82, 2.24) is 9.80 Å². The molecule has 5 aromatic rings. The van der Waals surface area contributed by atoms with Crippen molar-refractivity contribution in [3.05, 3.63) is 156 Å². The summed E-state index contributed by atoms with van der Waals surface area (Å²) in [7, 11) is 0. The van der Waals surface area contributed by atoms with E-state index in [-0.39, 0.29) is 24.2 Å². The van der Waals surface area contributed by atoms with E-state index in [0.717, 1.165) is 60.4 Å². The molecule has 0 aliphatic carbocycles. The molecule has 7 rings (SSSR count). The highest BCUT2D eigenvalue weighted by Gasteiger charge is 2.19. The van der Waals surface area contributed by atoms with Gasteiger partial charge in [-0.25, -0.2) is 9.98 Å². The lowest BCUT2D eigenvalue weighted by Crippen LogP contribution is -2.41. The molecule has 2 aliphatic rings. The summed E-state index contributed by atoms with van der Waals surface area (Å²) in [5, 5.41) is 5.88. The number of hydrogen-bond acceptors (Lipinski definition) is 6. The SMILES string of the molecule is Cl.O=C(Nc1ccc(N=C(c2ccccc2)N2CCOCC2)cc1)c1ccc(C(=O)Nc2ccc(N=C(c3ccccc3)N3CCOCC3)cc2)cc1. The number of morpholine rings is 2. The minimum absolute atomic E-state index is 0. The van der Waals surface area contributed by atoms with E-state index in [1.54, 1.807) is 24.3 Å². The Kier molecular flexibility index (Phi) is 12.6. The van der Waals surface area contributed by atoms with Gasteiger partial charge >= 0.3 is 0 Å². The van der Waals surface area contributed by atoms with Crippen molar-refractivity contribution < 1.29 is 19.1 Å². The Morgan fingerprint density at radius 2 is 0.792 bits per heavy atom. The molecule has 11 heteroatoms. The van der Waals surface area contributed by atoms with Crippen LogP contribution < -0.4 is 10.6 Å². The van der Waals surface area contributed by atoms with Gasteiger partial charge in [0.1, 0.15) is 11.7 Å². The number of carbonyl (C=O) groups is 2. The van der Waals surface area contributed by atoms with Crippen molar-refractivity contribution in [2.24, 2.45) is 9.98 Å².